The maximum Gasteiger partial charge on any atom is 0.319 e. The first-order valence-electron chi connectivity index (χ1n) is 7.98. The Kier molecular flexibility index (Phi) is 5.62. The minimum Gasteiger partial charge on any atom is -0.326 e. The van der Waals surface area contributed by atoms with E-state index in [2.05, 4.69) is 43.4 Å². The van der Waals surface area contributed by atoms with Gasteiger partial charge in [-0.25, -0.2) is 4.79 Å². The minimum absolute atomic E-state index is 0.142. The summed E-state index contributed by atoms with van der Waals surface area (Å²) in [4.78, 5) is 15.8. The number of hydrogen-bond acceptors (Lipinski definition) is 2. The Morgan fingerprint density at radius 3 is 2.43 bits per heavy atom. The van der Waals surface area contributed by atoms with Gasteiger partial charge in [-0.1, -0.05) is 38.1 Å². The van der Waals surface area contributed by atoms with Gasteiger partial charge in [-0.2, -0.15) is 0 Å². The van der Waals surface area contributed by atoms with Gasteiger partial charge in [0.05, 0.1) is 0 Å². The van der Waals surface area contributed by atoms with Crippen LogP contribution in [0.5, 0.6) is 0 Å². The number of carbonyl (C=O) groups excluding carboxylic acids is 1. The lowest BCUT2D eigenvalue weighted by atomic mass is 10.0. The highest BCUT2D eigenvalue weighted by Crippen LogP contribution is 2.18. The standard InChI is InChI=1S/C17H27N3O/c1-4-10-18-16(13-20-12-11-19(3)17(20)21)15-8-6-14(5-2)7-9-15/h6-9,16,18H,4-5,10-13H2,1-3H3. The van der Waals surface area contributed by atoms with Gasteiger partial charge in [0.25, 0.3) is 0 Å². The Balaban J connectivity index is 2.07. The van der Waals surface area contributed by atoms with Gasteiger partial charge < -0.3 is 15.1 Å². The fourth-order valence-corrected chi connectivity index (χ4v) is 2.69. The number of benzene rings is 1. The number of urea groups is 1. The zero-order valence-electron chi connectivity index (χ0n) is 13.4. The summed E-state index contributed by atoms with van der Waals surface area (Å²) in [6.07, 6.45) is 2.15. The second kappa shape index (κ2) is 7.46. The van der Waals surface area contributed by atoms with Crippen LogP contribution in [0.1, 0.15) is 37.4 Å². The summed E-state index contributed by atoms with van der Waals surface area (Å²) in [5.41, 5.74) is 2.62. The van der Waals surface area contributed by atoms with Crippen LogP contribution >= 0.6 is 0 Å². The molecular weight excluding hydrogens is 262 g/mol. The van der Waals surface area contributed by atoms with Crippen molar-refractivity contribution in [2.75, 3.05) is 33.2 Å². The molecule has 0 aromatic heterocycles. The summed E-state index contributed by atoms with van der Waals surface area (Å²) in [7, 11) is 1.87. The number of amides is 2. The third kappa shape index (κ3) is 3.97. The number of nitrogens with one attached hydrogen (secondary N) is 1. The van der Waals surface area contributed by atoms with Crippen LogP contribution in [0.4, 0.5) is 4.79 Å². The molecule has 4 nitrogen and oxygen atoms in total. The second-order valence-corrected chi connectivity index (χ2v) is 5.75. The van der Waals surface area contributed by atoms with Crippen LogP contribution in [0.3, 0.4) is 0 Å². The lowest BCUT2D eigenvalue weighted by Crippen LogP contribution is -2.37. The molecule has 2 amide bonds. The zero-order chi connectivity index (χ0) is 15.2. The van der Waals surface area contributed by atoms with Gasteiger partial charge in [-0.15, -0.1) is 0 Å². The summed E-state index contributed by atoms with van der Waals surface area (Å²) in [6.45, 7) is 7.70. The van der Waals surface area contributed by atoms with E-state index in [1.807, 2.05) is 11.9 Å². The fraction of sp³-hybridized carbons (Fsp3) is 0.588. The molecule has 0 spiro atoms. The molecule has 1 aliphatic rings. The van der Waals surface area contributed by atoms with Crippen LogP contribution in [-0.4, -0.2) is 49.1 Å². The highest BCUT2D eigenvalue weighted by atomic mass is 16.2. The lowest BCUT2D eigenvalue weighted by Gasteiger charge is -2.25. The fourth-order valence-electron chi connectivity index (χ4n) is 2.69. The number of nitrogens with zero attached hydrogens (tertiary/aromatic N) is 2. The molecule has 1 N–H and O–H groups in total. The minimum atomic E-state index is 0.142. The van der Waals surface area contributed by atoms with Crippen LogP contribution in [-0.2, 0) is 6.42 Å². The van der Waals surface area contributed by atoms with Crippen molar-refractivity contribution in [1.29, 1.82) is 0 Å². The number of aryl methyl sites for hydroxylation is 1. The maximum atomic E-state index is 12.1. The van der Waals surface area contributed by atoms with Crippen molar-refractivity contribution in [3.05, 3.63) is 35.4 Å². The summed E-state index contributed by atoms with van der Waals surface area (Å²) in [6, 6.07) is 9.11. The summed E-state index contributed by atoms with van der Waals surface area (Å²) in [5, 5.41) is 3.57. The van der Waals surface area contributed by atoms with E-state index in [-0.39, 0.29) is 12.1 Å². The molecule has 1 aliphatic heterocycles. The first-order valence-corrected chi connectivity index (χ1v) is 7.98. The van der Waals surface area contributed by atoms with E-state index in [4.69, 9.17) is 0 Å². The smallest absolute Gasteiger partial charge is 0.319 e. The highest BCUT2D eigenvalue weighted by Gasteiger charge is 2.27. The molecular formula is C17H27N3O. The predicted molar refractivity (Wildman–Crippen MR) is 86.5 cm³/mol. The Morgan fingerprint density at radius 2 is 1.90 bits per heavy atom. The first kappa shape index (κ1) is 15.8. The molecule has 4 heteroatoms. The van der Waals surface area contributed by atoms with Crippen molar-refractivity contribution in [2.24, 2.45) is 0 Å². The van der Waals surface area contributed by atoms with Gasteiger partial charge in [0, 0.05) is 32.7 Å². The average molecular weight is 289 g/mol. The quantitative estimate of drug-likeness (QED) is 0.837. The summed E-state index contributed by atoms with van der Waals surface area (Å²) in [5.74, 6) is 0. The molecule has 1 saturated heterocycles. The monoisotopic (exact) mass is 289 g/mol. The maximum absolute atomic E-state index is 12.1. The molecule has 1 aromatic rings. The Hall–Kier alpha value is -1.55. The van der Waals surface area contributed by atoms with Gasteiger partial charge in [-0.3, -0.25) is 0 Å². The van der Waals surface area contributed by atoms with Crippen LogP contribution in [0.25, 0.3) is 0 Å². The topological polar surface area (TPSA) is 35.6 Å². The Labute approximate surface area is 128 Å². The number of likely N-dealkylation sites (N-methyl/N-ethyl adjacent to an activating group) is 1. The first-order chi connectivity index (χ1) is 10.2. The SMILES string of the molecule is CCCNC(CN1CCN(C)C1=O)c1ccc(CC)cc1. The molecule has 1 aromatic carbocycles. The van der Waals surface area contributed by atoms with Gasteiger partial charge in [-0.05, 0) is 30.5 Å². The van der Waals surface area contributed by atoms with Gasteiger partial charge >= 0.3 is 6.03 Å². The summed E-state index contributed by atoms with van der Waals surface area (Å²) >= 11 is 0. The number of hydrogen-bond donors (Lipinski definition) is 1. The second-order valence-electron chi connectivity index (χ2n) is 5.75. The third-order valence-corrected chi connectivity index (χ3v) is 4.14. The molecule has 0 radical (unpaired) electrons. The van der Waals surface area contributed by atoms with E-state index in [1.165, 1.54) is 11.1 Å². The van der Waals surface area contributed by atoms with Crippen LogP contribution in [0, 0.1) is 0 Å². The van der Waals surface area contributed by atoms with Gasteiger partial charge in [0.1, 0.15) is 0 Å². The van der Waals surface area contributed by atoms with Crippen LogP contribution < -0.4 is 5.32 Å². The highest BCUT2D eigenvalue weighted by molar-refractivity contribution is 5.76. The van der Waals surface area contributed by atoms with E-state index < -0.39 is 0 Å². The van der Waals surface area contributed by atoms with Gasteiger partial charge in [0.2, 0.25) is 0 Å². The molecule has 0 aliphatic carbocycles. The van der Waals surface area contributed by atoms with E-state index in [0.29, 0.717) is 0 Å². The van der Waals surface area contributed by atoms with Crippen molar-refractivity contribution in [2.45, 2.75) is 32.7 Å². The largest absolute Gasteiger partial charge is 0.326 e. The third-order valence-electron chi connectivity index (χ3n) is 4.14. The number of carbonyl (C=O) groups is 1. The van der Waals surface area contributed by atoms with Crippen molar-refractivity contribution in [1.82, 2.24) is 15.1 Å². The molecule has 2 rings (SSSR count). The molecule has 0 bridgehead atoms. The normalized spacial score (nSPS) is 16.6. The summed E-state index contributed by atoms with van der Waals surface area (Å²) < 4.78 is 0. The van der Waals surface area contributed by atoms with Crippen LogP contribution in [0.2, 0.25) is 0 Å². The zero-order valence-corrected chi connectivity index (χ0v) is 13.4. The molecule has 1 fully saturated rings. The Morgan fingerprint density at radius 1 is 1.19 bits per heavy atom. The molecule has 0 saturated carbocycles. The van der Waals surface area contributed by atoms with Crippen molar-refractivity contribution in [3.63, 3.8) is 0 Å². The van der Waals surface area contributed by atoms with Crippen molar-refractivity contribution in [3.8, 4) is 0 Å². The lowest BCUT2D eigenvalue weighted by molar-refractivity contribution is 0.194. The number of rotatable bonds is 7. The van der Waals surface area contributed by atoms with E-state index in [1.54, 1.807) is 4.90 Å². The molecule has 1 unspecified atom stereocenters. The van der Waals surface area contributed by atoms with E-state index in [9.17, 15) is 4.79 Å². The van der Waals surface area contributed by atoms with Gasteiger partial charge in [0.15, 0.2) is 0 Å². The molecule has 116 valence electrons. The van der Waals surface area contributed by atoms with E-state index in [0.717, 1.165) is 39.0 Å². The molecule has 1 heterocycles. The predicted octanol–water partition coefficient (Wildman–Crippen LogP) is 2.66. The average Bonchev–Trinajstić information content (AvgIpc) is 2.83. The molecule has 21 heavy (non-hydrogen) atoms. The Bertz CT molecular complexity index is 458. The van der Waals surface area contributed by atoms with Crippen molar-refractivity contribution >= 4 is 6.03 Å². The van der Waals surface area contributed by atoms with Crippen LogP contribution in [0.15, 0.2) is 24.3 Å². The van der Waals surface area contributed by atoms with Crippen molar-refractivity contribution < 1.29 is 4.79 Å². The van der Waals surface area contributed by atoms with E-state index >= 15 is 0 Å². The molecule has 1 atom stereocenters.